The first-order valence-corrected chi connectivity index (χ1v) is 7.44. The van der Waals surface area contributed by atoms with Gasteiger partial charge in [-0.25, -0.2) is 0 Å². The molecule has 1 saturated heterocycles. The third-order valence-electron chi connectivity index (χ3n) is 3.75. The van der Waals surface area contributed by atoms with Crippen LogP contribution in [0.15, 0.2) is 24.3 Å². The SMILES string of the molecule is CCC1CCCN1CC(=O)Nc1cccc(C(N)=S)c1. The van der Waals surface area contributed by atoms with Crippen LogP contribution in [0, 0.1) is 0 Å². The van der Waals surface area contributed by atoms with Gasteiger partial charge in [0.1, 0.15) is 4.99 Å². The summed E-state index contributed by atoms with van der Waals surface area (Å²) in [6, 6.07) is 7.88. The van der Waals surface area contributed by atoms with Gasteiger partial charge in [0.15, 0.2) is 0 Å². The molecule has 1 aliphatic heterocycles. The summed E-state index contributed by atoms with van der Waals surface area (Å²) in [6.45, 7) is 3.64. The van der Waals surface area contributed by atoms with Crippen molar-refractivity contribution in [1.82, 2.24) is 4.90 Å². The van der Waals surface area contributed by atoms with Crippen molar-refractivity contribution >= 4 is 28.8 Å². The fourth-order valence-electron chi connectivity index (χ4n) is 2.70. The van der Waals surface area contributed by atoms with Gasteiger partial charge in [-0.15, -0.1) is 0 Å². The van der Waals surface area contributed by atoms with Crippen molar-refractivity contribution in [2.45, 2.75) is 32.2 Å². The van der Waals surface area contributed by atoms with Crippen molar-refractivity contribution < 1.29 is 4.79 Å². The molecule has 1 aromatic rings. The molecule has 1 aromatic carbocycles. The quantitative estimate of drug-likeness (QED) is 0.816. The first kappa shape index (κ1) is 14.9. The van der Waals surface area contributed by atoms with E-state index in [1.54, 1.807) is 0 Å². The number of carbonyl (C=O) groups is 1. The van der Waals surface area contributed by atoms with E-state index in [-0.39, 0.29) is 5.91 Å². The van der Waals surface area contributed by atoms with Crippen LogP contribution >= 0.6 is 12.2 Å². The lowest BCUT2D eigenvalue weighted by Gasteiger charge is -2.22. The number of likely N-dealkylation sites (tertiary alicyclic amines) is 1. The van der Waals surface area contributed by atoms with E-state index >= 15 is 0 Å². The van der Waals surface area contributed by atoms with Crippen molar-refractivity contribution in [3.05, 3.63) is 29.8 Å². The van der Waals surface area contributed by atoms with Gasteiger partial charge >= 0.3 is 0 Å². The van der Waals surface area contributed by atoms with Gasteiger partial charge in [0.2, 0.25) is 5.91 Å². The number of anilines is 1. The highest BCUT2D eigenvalue weighted by molar-refractivity contribution is 7.80. The molecule has 0 aromatic heterocycles. The van der Waals surface area contributed by atoms with E-state index in [4.69, 9.17) is 18.0 Å². The molecular formula is C15H21N3OS. The van der Waals surface area contributed by atoms with Crippen LogP contribution in [-0.4, -0.2) is 34.9 Å². The molecule has 0 spiro atoms. The molecule has 4 nitrogen and oxygen atoms in total. The average molecular weight is 291 g/mol. The topological polar surface area (TPSA) is 58.4 Å². The Kier molecular flexibility index (Phi) is 5.09. The van der Waals surface area contributed by atoms with Crippen LogP contribution in [0.4, 0.5) is 5.69 Å². The molecular weight excluding hydrogens is 270 g/mol. The van der Waals surface area contributed by atoms with Gasteiger partial charge in [0, 0.05) is 17.3 Å². The minimum Gasteiger partial charge on any atom is -0.389 e. The zero-order valence-corrected chi connectivity index (χ0v) is 12.6. The zero-order valence-electron chi connectivity index (χ0n) is 11.8. The van der Waals surface area contributed by atoms with Gasteiger partial charge < -0.3 is 11.1 Å². The standard InChI is InChI=1S/C15H21N3OS/c1-2-13-7-4-8-18(13)10-14(19)17-12-6-3-5-11(9-12)15(16)20/h3,5-6,9,13H,2,4,7-8,10H2,1H3,(H2,16,20)(H,17,19). The molecule has 1 atom stereocenters. The summed E-state index contributed by atoms with van der Waals surface area (Å²) in [5.74, 6) is 0.0189. The Balaban J connectivity index is 1.94. The van der Waals surface area contributed by atoms with Crippen molar-refractivity contribution in [3.8, 4) is 0 Å². The van der Waals surface area contributed by atoms with Crippen LogP contribution in [0.1, 0.15) is 31.7 Å². The van der Waals surface area contributed by atoms with Gasteiger partial charge in [-0.3, -0.25) is 9.69 Å². The Hall–Kier alpha value is -1.46. The molecule has 1 amide bonds. The molecule has 1 unspecified atom stereocenters. The summed E-state index contributed by atoms with van der Waals surface area (Å²) in [7, 11) is 0. The molecule has 0 bridgehead atoms. The molecule has 20 heavy (non-hydrogen) atoms. The van der Waals surface area contributed by atoms with Crippen LogP contribution < -0.4 is 11.1 Å². The summed E-state index contributed by atoms with van der Waals surface area (Å²) in [4.78, 5) is 14.7. The van der Waals surface area contributed by atoms with Crippen molar-refractivity contribution in [1.29, 1.82) is 0 Å². The molecule has 0 aliphatic carbocycles. The van der Waals surface area contributed by atoms with E-state index in [0.717, 1.165) is 24.2 Å². The minimum absolute atomic E-state index is 0.0189. The molecule has 3 N–H and O–H groups in total. The molecule has 1 aliphatic rings. The average Bonchev–Trinajstić information content (AvgIpc) is 2.86. The van der Waals surface area contributed by atoms with Gasteiger partial charge in [0.25, 0.3) is 0 Å². The second-order valence-electron chi connectivity index (χ2n) is 5.17. The second-order valence-corrected chi connectivity index (χ2v) is 5.61. The van der Waals surface area contributed by atoms with E-state index < -0.39 is 0 Å². The number of carbonyl (C=O) groups excluding carboxylic acids is 1. The number of amides is 1. The van der Waals surface area contributed by atoms with Crippen LogP contribution in [0.2, 0.25) is 0 Å². The predicted molar refractivity (Wildman–Crippen MR) is 85.8 cm³/mol. The normalized spacial score (nSPS) is 18.9. The van der Waals surface area contributed by atoms with Crippen molar-refractivity contribution in [3.63, 3.8) is 0 Å². The number of nitrogens with one attached hydrogen (secondary N) is 1. The molecule has 2 rings (SSSR count). The Bertz CT molecular complexity index is 504. The number of thiocarbonyl (C=S) groups is 1. The molecule has 1 fully saturated rings. The summed E-state index contributed by atoms with van der Waals surface area (Å²) in [5.41, 5.74) is 7.10. The van der Waals surface area contributed by atoms with Gasteiger partial charge in [-0.2, -0.15) is 0 Å². The highest BCUT2D eigenvalue weighted by atomic mass is 32.1. The highest BCUT2D eigenvalue weighted by Gasteiger charge is 2.24. The molecule has 0 saturated carbocycles. The van der Waals surface area contributed by atoms with Crippen LogP contribution in [-0.2, 0) is 4.79 Å². The Morgan fingerprint density at radius 3 is 3.05 bits per heavy atom. The summed E-state index contributed by atoms with van der Waals surface area (Å²) in [6.07, 6.45) is 3.48. The highest BCUT2D eigenvalue weighted by Crippen LogP contribution is 2.19. The number of hydrogen-bond acceptors (Lipinski definition) is 3. The Morgan fingerprint density at radius 1 is 1.55 bits per heavy atom. The fraction of sp³-hybridized carbons (Fsp3) is 0.467. The van der Waals surface area contributed by atoms with E-state index in [1.165, 1.54) is 12.8 Å². The number of nitrogens with zero attached hydrogens (tertiary/aromatic N) is 1. The molecule has 108 valence electrons. The van der Waals surface area contributed by atoms with Crippen LogP contribution in [0.3, 0.4) is 0 Å². The lowest BCUT2D eigenvalue weighted by Crippen LogP contribution is -2.36. The van der Waals surface area contributed by atoms with E-state index in [9.17, 15) is 4.79 Å². The first-order valence-electron chi connectivity index (χ1n) is 7.04. The fourth-order valence-corrected chi connectivity index (χ4v) is 2.83. The van der Waals surface area contributed by atoms with Crippen LogP contribution in [0.25, 0.3) is 0 Å². The lowest BCUT2D eigenvalue weighted by molar-refractivity contribution is -0.117. The number of nitrogens with two attached hydrogens (primary N) is 1. The third kappa shape index (κ3) is 3.77. The zero-order chi connectivity index (χ0) is 14.5. The molecule has 1 heterocycles. The lowest BCUT2D eigenvalue weighted by atomic mass is 10.2. The predicted octanol–water partition coefficient (Wildman–Crippen LogP) is 2.13. The smallest absolute Gasteiger partial charge is 0.238 e. The van der Waals surface area contributed by atoms with Gasteiger partial charge in [-0.1, -0.05) is 31.3 Å². The maximum Gasteiger partial charge on any atom is 0.238 e. The van der Waals surface area contributed by atoms with E-state index in [2.05, 4.69) is 17.1 Å². The number of rotatable bonds is 5. The van der Waals surface area contributed by atoms with Crippen molar-refractivity contribution in [2.75, 3.05) is 18.4 Å². The maximum absolute atomic E-state index is 12.1. The Morgan fingerprint density at radius 2 is 2.35 bits per heavy atom. The maximum atomic E-state index is 12.1. The minimum atomic E-state index is 0.0189. The molecule has 0 radical (unpaired) electrons. The van der Waals surface area contributed by atoms with E-state index in [1.807, 2.05) is 24.3 Å². The Labute approximate surface area is 125 Å². The van der Waals surface area contributed by atoms with Crippen LogP contribution in [0.5, 0.6) is 0 Å². The number of hydrogen-bond donors (Lipinski definition) is 2. The van der Waals surface area contributed by atoms with Crippen molar-refractivity contribution in [2.24, 2.45) is 5.73 Å². The first-order chi connectivity index (χ1) is 9.60. The van der Waals surface area contributed by atoms with Gasteiger partial charge in [0.05, 0.1) is 6.54 Å². The summed E-state index contributed by atoms with van der Waals surface area (Å²) >= 11 is 4.94. The third-order valence-corrected chi connectivity index (χ3v) is 3.98. The van der Waals surface area contributed by atoms with E-state index in [0.29, 0.717) is 17.6 Å². The largest absolute Gasteiger partial charge is 0.389 e. The summed E-state index contributed by atoms with van der Waals surface area (Å²) in [5, 5.41) is 2.91. The second kappa shape index (κ2) is 6.81. The monoisotopic (exact) mass is 291 g/mol. The molecule has 5 heteroatoms. The summed E-state index contributed by atoms with van der Waals surface area (Å²) < 4.78 is 0. The number of benzene rings is 1. The van der Waals surface area contributed by atoms with Gasteiger partial charge in [-0.05, 0) is 37.9 Å².